The van der Waals surface area contributed by atoms with E-state index in [4.69, 9.17) is 5.73 Å². The molecule has 134 valence electrons. The van der Waals surface area contributed by atoms with E-state index in [0.29, 0.717) is 44.1 Å². The Morgan fingerprint density at radius 1 is 1.12 bits per heavy atom. The first-order chi connectivity index (χ1) is 12.7. The van der Waals surface area contributed by atoms with Crippen LogP contribution in [0.2, 0.25) is 0 Å². The number of nitrogens with two attached hydrogens (primary N) is 1. The highest BCUT2D eigenvalue weighted by molar-refractivity contribution is 7.09. The Morgan fingerprint density at radius 2 is 1.81 bits per heavy atom. The van der Waals surface area contributed by atoms with Gasteiger partial charge in [-0.2, -0.15) is 5.10 Å². The van der Waals surface area contributed by atoms with Crippen molar-refractivity contribution in [1.82, 2.24) is 25.0 Å². The Morgan fingerprint density at radius 3 is 2.50 bits per heavy atom. The van der Waals surface area contributed by atoms with Gasteiger partial charge < -0.3 is 15.5 Å². The first-order valence-corrected chi connectivity index (χ1v) is 9.21. The fourth-order valence-electron chi connectivity index (χ4n) is 3.05. The van der Waals surface area contributed by atoms with E-state index in [9.17, 15) is 9.59 Å². The van der Waals surface area contributed by atoms with Gasteiger partial charge in [-0.05, 0) is 6.07 Å². The molecule has 3 N–H and O–H groups in total. The molecule has 1 aliphatic rings. The van der Waals surface area contributed by atoms with E-state index in [1.165, 1.54) is 11.3 Å². The molecule has 1 aromatic carbocycles. The van der Waals surface area contributed by atoms with Crippen LogP contribution in [0.4, 0.5) is 0 Å². The van der Waals surface area contributed by atoms with Crippen LogP contribution in [0.5, 0.6) is 0 Å². The van der Waals surface area contributed by atoms with E-state index in [2.05, 4.69) is 15.2 Å². The molecule has 0 bridgehead atoms. The van der Waals surface area contributed by atoms with Gasteiger partial charge in [0.05, 0.1) is 5.52 Å². The van der Waals surface area contributed by atoms with Crippen LogP contribution in [0.15, 0.2) is 29.6 Å². The quantitative estimate of drug-likeness (QED) is 0.717. The second-order valence-electron chi connectivity index (χ2n) is 6.03. The maximum Gasteiger partial charge on any atom is 0.275 e. The highest BCUT2D eigenvalue weighted by Crippen LogP contribution is 2.18. The maximum atomic E-state index is 12.8. The van der Waals surface area contributed by atoms with Crippen molar-refractivity contribution in [3.63, 3.8) is 0 Å². The first kappa shape index (κ1) is 16.7. The second kappa shape index (κ2) is 6.85. The molecule has 8 nitrogen and oxygen atoms in total. The lowest BCUT2D eigenvalue weighted by molar-refractivity contribution is 0.0530. The number of fused-ring (bicyclic) bond motifs is 1. The zero-order valence-electron chi connectivity index (χ0n) is 14.0. The normalized spacial score (nSPS) is 14.8. The van der Waals surface area contributed by atoms with Crippen LogP contribution in [-0.4, -0.2) is 63.0 Å². The number of carbonyl (C=O) groups excluding carboxylic acids is 2. The van der Waals surface area contributed by atoms with E-state index < -0.39 is 0 Å². The topological polar surface area (TPSA) is 108 Å². The minimum atomic E-state index is -0.117. The number of amides is 2. The van der Waals surface area contributed by atoms with Crippen molar-refractivity contribution in [3.8, 4) is 0 Å². The molecule has 0 saturated carbocycles. The third-order valence-corrected chi connectivity index (χ3v) is 5.34. The van der Waals surface area contributed by atoms with Crippen LogP contribution < -0.4 is 5.73 Å². The third-order valence-electron chi connectivity index (χ3n) is 4.47. The first-order valence-electron chi connectivity index (χ1n) is 8.33. The van der Waals surface area contributed by atoms with Gasteiger partial charge in [0.25, 0.3) is 11.8 Å². The highest BCUT2D eigenvalue weighted by Gasteiger charge is 2.28. The number of nitrogens with one attached hydrogen (secondary N) is 1. The molecule has 0 unspecified atom stereocenters. The Hall–Kier alpha value is -2.78. The predicted molar refractivity (Wildman–Crippen MR) is 97.9 cm³/mol. The highest BCUT2D eigenvalue weighted by atomic mass is 32.1. The molecule has 3 heterocycles. The van der Waals surface area contributed by atoms with Gasteiger partial charge in [-0.3, -0.25) is 14.7 Å². The lowest BCUT2D eigenvalue weighted by atomic mass is 10.2. The van der Waals surface area contributed by atoms with Crippen LogP contribution in [-0.2, 0) is 6.54 Å². The number of hydrogen-bond acceptors (Lipinski definition) is 6. The van der Waals surface area contributed by atoms with Gasteiger partial charge in [0.2, 0.25) is 0 Å². The van der Waals surface area contributed by atoms with E-state index in [1.54, 1.807) is 15.2 Å². The lowest BCUT2D eigenvalue weighted by Crippen LogP contribution is -2.50. The number of piperazine rings is 1. The van der Waals surface area contributed by atoms with Crippen LogP contribution in [0, 0.1) is 0 Å². The molecule has 9 heteroatoms. The molecule has 1 fully saturated rings. The van der Waals surface area contributed by atoms with Crippen molar-refractivity contribution in [2.75, 3.05) is 26.2 Å². The van der Waals surface area contributed by atoms with Gasteiger partial charge in [-0.1, -0.05) is 18.2 Å². The van der Waals surface area contributed by atoms with Gasteiger partial charge in [-0.25, -0.2) is 4.98 Å². The molecule has 0 spiro atoms. The Balaban J connectivity index is 1.43. The maximum absolute atomic E-state index is 12.8. The van der Waals surface area contributed by atoms with Crippen molar-refractivity contribution < 1.29 is 9.59 Å². The Kier molecular flexibility index (Phi) is 4.39. The van der Waals surface area contributed by atoms with Crippen LogP contribution in [0.1, 0.15) is 26.0 Å². The average Bonchev–Trinajstić information content (AvgIpc) is 3.34. The van der Waals surface area contributed by atoms with Gasteiger partial charge in [-0.15, -0.1) is 11.3 Å². The summed E-state index contributed by atoms with van der Waals surface area (Å²) in [6, 6.07) is 7.55. The predicted octanol–water partition coefficient (Wildman–Crippen LogP) is 1.08. The summed E-state index contributed by atoms with van der Waals surface area (Å²) in [6.45, 7) is 2.22. The molecule has 1 saturated heterocycles. The summed E-state index contributed by atoms with van der Waals surface area (Å²) in [7, 11) is 0. The number of rotatable bonds is 3. The van der Waals surface area contributed by atoms with Gasteiger partial charge in [0.1, 0.15) is 10.7 Å². The monoisotopic (exact) mass is 370 g/mol. The molecule has 3 aromatic rings. The van der Waals surface area contributed by atoms with Crippen molar-refractivity contribution in [2.45, 2.75) is 6.54 Å². The number of thiazole rings is 1. The molecule has 4 rings (SSSR count). The average molecular weight is 370 g/mol. The van der Waals surface area contributed by atoms with Crippen molar-refractivity contribution >= 4 is 34.1 Å². The van der Waals surface area contributed by atoms with Crippen molar-refractivity contribution in [2.24, 2.45) is 5.73 Å². The zero-order chi connectivity index (χ0) is 18.1. The van der Waals surface area contributed by atoms with Crippen molar-refractivity contribution in [3.05, 3.63) is 46.0 Å². The van der Waals surface area contributed by atoms with E-state index >= 15 is 0 Å². The van der Waals surface area contributed by atoms with Crippen LogP contribution in [0.25, 0.3) is 10.9 Å². The number of carbonyl (C=O) groups is 2. The summed E-state index contributed by atoms with van der Waals surface area (Å²) in [5.74, 6) is -0.230. The Labute approximate surface area is 153 Å². The summed E-state index contributed by atoms with van der Waals surface area (Å²) in [5, 5.41) is 10.3. The summed E-state index contributed by atoms with van der Waals surface area (Å²) >= 11 is 1.39. The SMILES string of the molecule is NCc1nc(C(=O)N2CCN(C(=O)c3n[nH]c4ccccc34)CC2)cs1. The number of aromatic nitrogens is 3. The fourth-order valence-corrected chi connectivity index (χ4v) is 3.70. The number of benzene rings is 1. The minimum Gasteiger partial charge on any atom is -0.334 e. The minimum absolute atomic E-state index is 0.113. The number of aromatic amines is 1. The number of nitrogens with zero attached hydrogens (tertiary/aromatic N) is 4. The smallest absolute Gasteiger partial charge is 0.275 e. The summed E-state index contributed by atoms with van der Waals surface area (Å²) in [6.07, 6.45) is 0. The van der Waals surface area contributed by atoms with Crippen LogP contribution >= 0.6 is 11.3 Å². The molecule has 2 aromatic heterocycles. The fraction of sp³-hybridized carbons (Fsp3) is 0.294. The summed E-state index contributed by atoms with van der Waals surface area (Å²) in [4.78, 5) is 33.0. The standard InChI is InChI=1S/C17H18N6O2S/c18-9-14-19-13(10-26-14)16(24)22-5-7-23(8-6-22)17(25)15-11-3-1-2-4-12(11)20-21-15/h1-4,10H,5-9,18H2,(H,20,21). The largest absolute Gasteiger partial charge is 0.334 e. The Bertz CT molecular complexity index is 957. The molecule has 0 aliphatic carbocycles. The summed E-state index contributed by atoms with van der Waals surface area (Å²) < 4.78 is 0. The number of H-pyrrole nitrogens is 1. The van der Waals surface area contributed by atoms with Gasteiger partial charge in [0, 0.05) is 43.5 Å². The molecule has 2 amide bonds. The molecule has 0 atom stereocenters. The number of hydrogen-bond donors (Lipinski definition) is 2. The molecular formula is C17H18N6O2S. The number of para-hydroxylation sites is 1. The van der Waals surface area contributed by atoms with Gasteiger partial charge >= 0.3 is 0 Å². The van der Waals surface area contributed by atoms with Gasteiger partial charge in [0.15, 0.2) is 5.69 Å². The zero-order valence-corrected chi connectivity index (χ0v) is 14.8. The van der Waals surface area contributed by atoms with Crippen molar-refractivity contribution in [1.29, 1.82) is 0 Å². The lowest BCUT2D eigenvalue weighted by Gasteiger charge is -2.34. The summed E-state index contributed by atoms with van der Waals surface area (Å²) in [5.41, 5.74) is 7.23. The molecule has 1 aliphatic heterocycles. The molecular weight excluding hydrogens is 352 g/mol. The second-order valence-corrected chi connectivity index (χ2v) is 6.98. The van der Waals surface area contributed by atoms with E-state index in [1.807, 2.05) is 24.3 Å². The third kappa shape index (κ3) is 2.95. The van der Waals surface area contributed by atoms with Crippen LogP contribution in [0.3, 0.4) is 0 Å². The molecule has 0 radical (unpaired) electrons. The molecule has 26 heavy (non-hydrogen) atoms. The van der Waals surface area contributed by atoms with E-state index in [-0.39, 0.29) is 11.8 Å². The van der Waals surface area contributed by atoms with E-state index in [0.717, 1.165) is 15.9 Å².